The molecule has 0 saturated carbocycles. The van der Waals surface area contributed by atoms with Gasteiger partial charge < -0.3 is 9.84 Å². The minimum Gasteiger partial charge on any atom is -0.497 e. The van der Waals surface area contributed by atoms with Crippen molar-refractivity contribution in [3.05, 3.63) is 34.7 Å². The predicted octanol–water partition coefficient (Wildman–Crippen LogP) is 0.490. The van der Waals surface area contributed by atoms with Gasteiger partial charge in [0.05, 0.1) is 24.3 Å². The first kappa shape index (κ1) is 11.1. The van der Waals surface area contributed by atoms with Crippen LogP contribution in [0.2, 0.25) is 0 Å². The lowest BCUT2D eigenvalue weighted by Crippen LogP contribution is -2.24. The van der Waals surface area contributed by atoms with Crippen molar-refractivity contribution in [2.24, 2.45) is 0 Å². The number of hydrogen-bond acceptors (Lipinski definition) is 4. The number of aliphatic carboxylic acids is 1. The number of rotatable bonds is 3. The first-order chi connectivity index (χ1) is 8.11. The highest BCUT2D eigenvalue weighted by Gasteiger charge is 2.08. The lowest BCUT2D eigenvalue weighted by Gasteiger charge is -2.08. The van der Waals surface area contributed by atoms with Gasteiger partial charge in [-0.3, -0.25) is 14.2 Å². The fourth-order valence-electron chi connectivity index (χ4n) is 1.57. The third-order valence-electron chi connectivity index (χ3n) is 2.35. The number of fused-ring (bicyclic) bond motifs is 1. The largest absolute Gasteiger partial charge is 0.497 e. The van der Waals surface area contributed by atoms with E-state index in [2.05, 4.69) is 4.98 Å². The molecule has 0 fully saturated rings. The number of benzene rings is 1. The van der Waals surface area contributed by atoms with Crippen molar-refractivity contribution in [3.63, 3.8) is 0 Å². The average Bonchev–Trinajstić information content (AvgIpc) is 2.32. The summed E-state index contributed by atoms with van der Waals surface area (Å²) >= 11 is 0. The second-order valence-corrected chi connectivity index (χ2v) is 3.43. The molecule has 0 aliphatic heterocycles. The number of carbonyl (C=O) groups is 1. The van der Waals surface area contributed by atoms with Crippen LogP contribution in [-0.4, -0.2) is 27.7 Å². The predicted molar refractivity (Wildman–Crippen MR) is 60.2 cm³/mol. The smallest absolute Gasteiger partial charge is 0.323 e. The van der Waals surface area contributed by atoms with Gasteiger partial charge in [0.25, 0.3) is 5.56 Å². The van der Waals surface area contributed by atoms with Crippen LogP contribution >= 0.6 is 0 Å². The van der Waals surface area contributed by atoms with Gasteiger partial charge >= 0.3 is 5.97 Å². The molecule has 0 spiro atoms. The zero-order valence-corrected chi connectivity index (χ0v) is 9.08. The Bertz CT molecular complexity index is 633. The quantitative estimate of drug-likeness (QED) is 0.835. The highest BCUT2D eigenvalue weighted by molar-refractivity contribution is 5.78. The third kappa shape index (κ3) is 2.10. The van der Waals surface area contributed by atoms with Crippen LogP contribution in [-0.2, 0) is 11.3 Å². The number of nitrogens with zero attached hydrogens (tertiary/aromatic N) is 2. The highest BCUT2D eigenvalue weighted by Crippen LogP contribution is 2.17. The Morgan fingerprint density at radius 2 is 2.29 bits per heavy atom. The molecule has 0 amide bonds. The molecular formula is C11H10N2O4. The van der Waals surface area contributed by atoms with E-state index >= 15 is 0 Å². The van der Waals surface area contributed by atoms with Gasteiger partial charge in [-0.1, -0.05) is 0 Å². The van der Waals surface area contributed by atoms with Crippen LogP contribution < -0.4 is 10.3 Å². The van der Waals surface area contributed by atoms with Crippen LogP contribution in [0.15, 0.2) is 29.2 Å². The van der Waals surface area contributed by atoms with E-state index in [1.54, 1.807) is 18.2 Å². The molecule has 88 valence electrons. The van der Waals surface area contributed by atoms with Crippen LogP contribution in [0.3, 0.4) is 0 Å². The minimum atomic E-state index is -1.08. The van der Waals surface area contributed by atoms with E-state index in [-0.39, 0.29) is 0 Å². The molecule has 1 heterocycles. The van der Waals surface area contributed by atoms with Crippen molar-refractivity contribution in [2.45, 2.75) is 6.54 Å². The first-order valence-corrected chi connectivity index (χ1v) is 4.87. The lowest BCUT2D eigenvalue weighted by molar-refractivity contribution is -0.137. The Morgan fingerprint density at radius 1 is 1.53 bits per heavy atom. The molecule has 6 heteroatoms. The van der Waals surface area contributed by atoms with Crippen molar-refractivity contribution in [1.82, 2.24) is 9.55 Å². The molecule has 6 nitrogen and oxygen atoms in total. The molecule has 0 saturated heterocycles. The van der Waals surface area contributed by atoms with Crippen LogP contribution in [0, 0.1) is 0 Å². The van der Waals surface area contributed by atoms with Crippen LogP contribution in [0.4, 0.5) is 0 Å². The zero-order valence-electron chi connectivity index (χ0n) is 9.08. The molecule has 0 aliphatic rings. The van der Waals surface area contributed by atoms with Crippen molar-refractivity contribution in [2.75, 3.05) is 7.11 Å². The summed E-state index contributed by atoms with van der Waals surface area (Å²) < 4.78 is 6.18. The summed E-state index contributed by atoms with van der Waals surface area (Å²) in [5.74, 6) is -0.536. The number of aromatic nitrogens is 2. The number of ether oxygens (including phenoxy) is 1. The molecule has 1 aromatic heterocycles. The molecule has 0 unspecified atom stereocenters. The standard InChI is InChI=1S/C11H10N2O4/c1-17-7-2-3-8-9(4-7)13(6-11(15)16)10(14)5-12-8/h2-5H,6H2,1H3,(H,15,16). The Hall–Kier alpha value is -2.37. The monoisotopic (exact) mass is 234 g/mol. The summed E-state index contributed by atoms with van der Waals surface area (Å²) in [6.45, 7) is -0.398. The number of carboxylic acids is 1. The van der Waals surface area contributed by atoms with Crippen molar-refractivity contribution in [3.8, 4) is 5.75 Å². The molecular weight excluding hydrogens is 224 g/mol. The Labute approximate surface area is 96.1 Å². The molecule has 2 rings (SSSR count). The molecule has 0 bridgehead atoms. The maximum Gasteiger partial charge on any atom is 0.323 e. The summed E-state index contributed by atoms with van der Waals surface area (Å²) in [7, 11) is 1.50. The van der Waals surface area contributed by atoms with Gasteiger partial charge in [-0.2, -0.15) is 0 Å². The fourth-order valence-corrected chi connectivity index (χ4v) is 1.57. The Morgan fingerprint density at radius 3 is 2.94 bits per heavy atom. The van der Waals surface area contributed by atoms with Gasteiger partial charge in [-0.25, -0.2) is 4.98 Å². The van der Waals surface area contributed by atoms with Crippen molar-refractivity contribution < 1.29 is 14.6 Å². The van der Waals surface area contributed by atoms with E-state index in [1.807, 2.05) is 0 Å². The van der Waals surface area contributed by atoms with Gasteiger partial charge in [0, 0.05) is 6.07 Å². The molecule has 17 heavy (non-hydrogen) atoms. The zero-order chi connectivity index (χ0) is 12.4. The highest BCUT2D eigenvalue weighted by atomic mass is 16.5. The van der Waals surface area contributed by atoms with Crippen molar-refractivity contribution >= 4 is 17.0 Å². The van der Waals surface area contributed by atoms with E-state index in [0.717, 1.165) is 10.8 Å². The maximum absolute atomic E-state index is 11.6. The molecule has 1 N–H and O–H groups in total. The summed E-state index contributed by atoms with van der Waals surface area (Å²) in [4.78, 5) is 26.2. The normalized spacial score (nSPS) is 10.4. The Kier molecular flexibility index (Phi) is 2.78. The third-order valence-corrected chi connectivity index (χ3v) is 2.35. The molecule has 1 aromatic carbocycles. The maximum atomic E-state index is 11.6. The van der Waals surface area contributed by atoms with Gasteiger partial charge in [0.1, 0.15) is 12.3 Å². The van der Waals surface area contributed by atoms with Gasteiger partial charge in [-0.05, 0) is 12.1 Å². The summed E-state index contributed by atoms with van der Waals surface area (Å²) in [6, 6.07) is 4.96. The van der Waals surface area contributed by atoms with Crippen LogP contribution in [0.1, 0.15) is 0 Å². The van der Waals surface area contributed by atoms with E-state index in [0.29, 0.717) is 16.8 Å². The summed E-state index contributed by atoms with van der Waals surface area (Å²) in [5.41, 5.74) is 0.541. The van der Waals surface area contributed by atoms with Gasteiger partial charge in [-0.15, -0.1) is 0 Å². The topological polar surface area (TPSA) is 81.4 Å². The number of methoxy groups -OCH3 is 1. The summed E-state index contributed by atoms with van der Waals surface area (Å²) in [6.07, 6.45) is 1.11. The average molecular weight is 234 g/mol. The van der Waals surface area contributed by atoms with E-state index in [1.165, 1.54) is 7.11 Å². The molecule has 2 aromatic rings. The molecule has 0 aliphatic carbocycles. The second-order valence-electron chi connectivity index (χ2n) is 3.43. The van der Waals surface area contributed by atoms with E-state index < -0.39 is 18.1 Å². The van der Waals surface area contributed by atoms with Crippen LogP contribution in [0.5, 0.6) is 5.75 Å². The number of carboxylic acid groups (broad SMARTS) is 1. The minimum absolute atomic E-state index is 0.398. The van der Waals surface area contributed by atoms with E-state index in [9.17, 15) is 9.59 Å². The lowest BCUT2D eigenvalue weighted by atomic mass is 10.2. The second kappa shape index (κ2) is 4.25. The summed E-state index contributed by atoms with van der Waals surface area (Å²) in [5, 5.41) is 8.77. The molecule has 0 radical (unpaired) electrons. The van der Waals surface area contributed by atoms with Gasteiger partial charge in [0.15, 0.2) is 0 Å². The first-order valence-electron chi connectivity index (χ1n) is 4.87. The van der Waals surface area contributed by atoms with Crippen LogP contribution in [0.25, 0.3) is 11.0 Å². The Balaban J connectivity index is 2.73. The SMILES string of the molecule is COc1ccc2ncc(=O)n(CC(=O)O)c2c1. The number of hydrogen-bond donors (Lipinski definition) is 1. The van der Waals surface area contributed by atoms with E-state index in [4.69, 9.17) is 9.84 Å². The van der Waals surface area contributed by atoms with Gasteiger partial charge in [0.2, 0.25) is 0 Å². The van der Waals surface area contributed by atoms with Crippen molar-refractivity contribution in [1.29, 1.82) is 0 Å². The fraction of sp³-hybridized carbons (Fsp3) is 0.182. The molecule has 0 atom stereocenters.